The maximum absolute atomic E-state index is 13.0. The summed E-state index contributed by atoms with van der Waals surface area (Å²) in [5.41, 5.74) is 1.66. The first-order chi connectivity index (χ1) is 14.8. The van der Waals surface area contributed by atoms with Crippen LogP contribution in [0.25, 0.3) is 0 Å². The molecule has 1 saturated carbocycles. The molecule has 5 rings (SSSR count). The van der Waals surface area contributed by atoms with Gasteiger partial charge < -0.3 is 13.8 Å². The van der Waals surface area contributed by atoms with Crippen molar-refractivity contribution in [3.8, 4) is 11.5 Å². The van der Waals surface area contributed by atoms with E-state index in [0.29, 0.717) is 18.2 Å². The van der Waals surface area contributed by atoms with Crippen LogP contribution in [0.2, 0.25) is 0 Å². The number of hydrogen-bond acceptors (Lipinski definition) is 6. The number of Topliss-reactive ketones (excluding diaryl/α,β-unsaturated/α-hetero) is 1. The van der Waals surface area contributed by atoms with Crippen molar-refractivity contribution in [1.82, 2.24) is 4.90 Å². The van der Waals surface area contributed by atoms with Crippen LogP contribution in [0.5, 0.6) is 11.5 Å². The average molecular weight is 442 g/mol. The van der Waals surface area contributed by atoms with Gasteiger partial charge in [0.15, 0.2) is 23.4 Å². The molecule has 2 aromatic rings. The normalized spacial score (nSPS) is 28.9. The molecule has 0 spiro atoms. The Kier molecular flexibility index (Phi) is 4.68. The van der Waals surface area contributed by atoms with Gasteiger partial charge in [0.2, 0.25) is 0 Å². The van der Waals surface area contributed by atoms with Gasteiger partial charge in [-0.1, -0.05) is 31.2 Å². The fourth-order valence-corrected chi connectivity index (χ4v) is 7.02. The summed E-state index contributed by atoms with van der Waals surface area (Å²) < 4.78 is 37.6. The van der Waals surface area contributed by atoms with Gasteiger partial charge in [0.25, 0.3) is 0 Å². The lowest BCUT2D eigenvalue weighted by Gasteiger charge is -2.52. The molecule has 0 N–H and O–H groups in total. The molecule has 0 bridgehead atoms. The summed E-state index contributed by atoms with van der Waals surface area (Å²) in [5, 5.41) is 0. The monoisotopic (exact) mass is 441 g/mol. The lowest BCUT2D eigenvalue weighted by molar-refractivity contribution is -0.134. The molecule has 31 heavy (non-hydrogen) atoms. The van der Waals surface area contributed by atoms with Crippen molar-refractivity contribution in [3.63, 3.8) is 0 Å². The molecule has 0 amide bonds. The average Bonchev–Trinajstić information content (AvgIpc) is 3.13. The van der Waals surface area contributed by atoms with Crippen LogP contribution in [-0.2, 0) is 26.7 Å². The second kappa shape index (κ2) is 7.07. The molecule has 2 aliphatic carbocycles. The molecule has 1 aliphatic heterocycles. The van der Waals surface area contributed by atoms with Crippen molar-refractivity contribution in [2.45, 2.75) is 55.1 Å². The van der Waals surface area contributed by atoms with Gasteiger partial charge in [-0.2, -0.15) is 8.42 Å². The lowest BCUT2D eigenvalue weighted by Crippen LogP contribution is -2.60. The molecule has 2 aromatic carbocycles. The van der Waals surface area contributed by atoms with Gasteiger partial charge in [-0.15, -0.1) is 0 Å². The lowest BCUT2D eigenvalue weighted by atomic mass is 9.53. The number of likely N-dealkylation sites (N-methyl/N-ethyl adjacent to an activating group) is 1. The Labute approximate surface area is 183 Å². The third-order valence-electron chi connectivity index (χ3n) is 7.41. The zero-order valence-corrected chi connectivity index (χ0v) is 18.8. The zero-order valence-electron chi connectivity index (χ0n) is 18.0. The number of benzene rings is 2. The first kappa shape index (κ1) is 20.5. The minimum absolute atomic E-state index is 0.0853. The predicted octanol–water partition coefficient (Wildman–Crippen LogP) is 3.33. The third-order valence-corrected chi connectivity index (χ3v) is 8.65. The molecular weight excluding hydrogens is 414 g/mol. The minimum atomic E-state index is -4.01. The van der Waals surface area contributed by atoms with E-state index in [9.17, 15) is 13.2 Å². The summed E-state index contributed by atoms with van der Waals surface area (Å²) in [6.45, 7) is 2.10. The zero-order chi connectivity index (χ0) is 22.0. The number of carbonyl (C=O) groups excluding carboxylic acids is 1. The largest absolute Gasteiger partial charge is 0.477 e. The molecule has 164 valence electrons. The van der Waals surface area contributed by atoms with Crippen LogP contribution in [-0.4, -0.2) is 45.3 Å². The number of ketones is 1. The standard InChI is InChI=1S/C24H27NO5S/c1-4-24-17-11-12-19(26)23(24)29-22-20(30-31(27,28)16-8-6-5-7-9-16)13-10-15(21(22)24)14-18(17)25(2)3/h5-10,13,17-18,23H,4,11-12,14H2,1-3H3/t17?,18-,23+,24+/m1/s1. The van der Waals surface area contributed by atoms with Crippen molar-refractivity contribution in [2.24, 2.45) is 5.92 Å². The fraction of sp³-hybridized carbons (Fsp3) is 0.458. The first-order valence-electron chi connectivity index (χ1n) is 10.8. The van der Waals surface area contributed by atoms with Gasteiger partial charge in [0, 0.05) is 23.4 Å². The van der Waals surface area contributed by atoms with E-state index in [1.807, 2.05) is 6.07 Å². The second-order valence-corrected chi connectivity index (χ2v) is 10.6. The van der Waals surface area contributed by atoms with E-state index >= 15 is 0 Å². The molecule has 1 heterocycles. The van der Waals surface area contributed by atoms with Crippen molar-refractivity contribution in [1.29, 1.82) is 0 Å². The molecule has 1 unspecified atom stereocenters. The van der Waals surface area contributed by atoms with Crippen molar-refractivity contribution in [2.75, 3.05) is 14.1 Å². The Morgan fingerprint density at radius 2 is 1.90 bits per heavy atom. The smallest absolute Gasteiger partial charge is 0.339 e. The Hall–Kier alpha value is -2.38. The van der Waals surface area contributed by atoms with Gasteiger partial charge >= 0.3 is 10.1 Å². The Bertz CT molecular complexity index is 1140. The summed E-state index contributed by atoms with van der Waals surface area (Å²) in [6.07, 6.45) is 2.33. The number of ether oxygens (including phenoxy) is 1. The van der Waals surface area contributed by atoms with Crippen LogP contribution in [0.3, 0.4) is 0 Å². The van der Waals surface area contributed by atoms with Gasteiger partial charge in [0.1, 0.15) is 4.90 Å². The summed E-state index contributed by atoms with van der Waals surface area (Å²) in [5.74, 6) is 0.961. The molecule has 0 radical (unpaired) electrons. The summed E-state index contributed by atoms with van der Waals surface area (Å²) in [6, 6.07) is 12.0. The Balaban J connectivity index is 1.66. The Morgan fingerprint density at radius 3 is 2.58 bits per heavy atom. The number of rotatable bonds is 5. The van der Waals surface area contributed by atoms with Crippen LogP contribution in [0.4, 0.5) is 0 Å². The maximum atomic E-state index is 13.0. The molecule has 3 aliphatic rings. The highest BCUT2D eigenvalue weighted by atomic mass is 32.2. The van der Waals surface area contributed by atoms with E-state index in [1.165, 1.54) is 12.1 Å². The third kappa shape index (κ3) is 2.86. The van der Waals surface area contributed by atoms with Gasteiger partial charge in [-0.25, -0.2) is 0 Å². The van der Waals surface area contributed by atoms with E-state index in [4.69, 9.17) is 8.92 Å². The summed E-state index contributed by atoms with van der Waals surface area (Å²) in [4.78, 5) is 15.3. The van der Waals surface area contributed by atoms with Gasteiger partial charge in [-0.3, -0.25) is 4.79 Å². The number of carbonyl (C=O) groups is 1. The van der Waals surface area contributed by atoms with Crippen LogP contribution < -0.4 is 8.92 Å². The van der Waals surface area contributed by atoms with Crippen LogP contribution in [0, 0.1) is 5.92 Å². The highest BCUT2D eigenvalue weighted by Gasteiger charge is 2.63. The van der Waals surface area contributed by atoms with Gasteiger partial charge in [0.05, 0.1) is 0 Å². The fourth-order valence-electron chi connectivity index (χ4n) is 6.06. The van der Waals surface area contributed by atoms with Crippen LogP contribution in [0.15, 0.2) is 47.4 Å². The molecule has 4 atom stereocenters. The van der Waals surface area contributed by atoms with E-state index in [1.54, 1.807) is 24.3 Å². The van der Waals surface area contributed by atoms with E-state index < -0.39 is 21.6 Å². The topological polar surface area (TPSA) is 72.9 Å². The van der Waals surface area contributed by atoms with Crippen molar-refractivity contribution < 1.29 is 22.1 Å². The SMILES string of the molecule is CC[C@]12c3c4ccc(OS(=O)(=O)c5ccccc5)c3O[C@H]1C(=O)CCC2[C@H](N(C)C)C4. The summed E-state index contributed by atoms with van der Waals surface area (Å²) >= 11 is 0. The summed E-state index contributed by atoms with van der Waals surface area (Å²) in [7, 11) is 0.163. The Morgan fingerprint density at radius 1 is 1.16 bits per heavy atom. The van der Waals surface area contributed by atoms with Gasteiger partial charge in [-0.05, 0) is 63.0 Å². The van der Waals surface area contributed by atoms with Crippen molar-refractivity contribution >= 4 is 15.9 Å². The van der Waals surface area contributed by atoms with Crippen LogP contribution >= 0.6 is 0 Å². The van der Waals surface area contributed by atoms with Crippen molar-refractivity contribution in [3.05, 3.63) is 53.6 Å². The maximum Gasteiger partial charge on any atom is 0.339 e. The first-order valence-corrected chi connectivity index (χ1v) is 12.2. The molecular formula is C24H27NO5S. The van der Waals surface area contributed by atoms with E-state index in [2.05, 4.69) is 25.9 Å². The highest BCUT2D eigenvalue weighted by Crippen LogP contribution is 2.61. The van der Waals surface area contributed by atoms with E-state index in [-0.39, 0.29) is 22.3 Å². The van der Waals surface area contributed by atoms with E-state index in [0.717, 1.165) is 30.4 Å². The molecule has 0 saturated heterocycles. The molecule has 0 aromatic heterocycles. The second-order valence-electron chi connectivity index (χ2n) is 9.02. The molecule has 7 heteroatoms. The number of hydrogen-bond donors (Lipinski definition) is 0. The number of nitrogens with zero attached hydrogens (tertiary/aromatic N) is 1. The van der Waals surface area contributed by atoms with Crippen LogP contribution in [0.1, 0.15) is 37.3 Å². The molecule has 1 fully saturated rings. The quantitative estimate of drug-likeness (QED) is 0.663. The highest BCUT2D eigenvalue weighted by molar-refractivity contribution is 7.87. The predicted molar refractivity (Wildman–Crippen MR) is 116 cm³/mol. The molecule has 6 nitrogen and oxygen atoms in total. The minimum Gasteiger partial charge on any atom is -0.477 e.